The maximum absolute atomic E-state index is 13.8. The third kappa shape index (κ3) is 5.41. The van der Waals surface area contributed by atoms with Crippen molar-refractivity contribution < 1.29 is 27.4 Å². The summed E-state index contributed by atoms with van der Waals surface area (Å²) in [6.45, 7) is 1.53. The zero-order valence-electron chi connectivity index (χ0n) is 21.5. The molecule has 0 spiro atoms. The standard InChI is InChI=1S/C29H27F3N4O3/c1-38-23-11-12-24(27(18-23)39-2)25-19-26(36(33-25)21-8-4-3-5-9-21)28(37)35-15-13-34(14-16-35)22-10-6-7-20(17-22)29(30,31)32/h3-12,17-19H,13-16H2,1-2H3. The number of rotatable bonds is 6. The number of hydrogen-bond acceptors (Lipinski definition) is 5. The van der Waals surface area contributed by atoms with Crippen LogP contribution in [0.1, 0.15) is 16.1 Å². The molecule has 1 saturated heterocycles. The molecular weight excluding hydrogens is 509 g/mol. The van der Waals surface area contributed by atoms with E-state index < -0.39 is 11.7 Å². The number of para-hydroxylation sites is 1. The Morgan fingerprint density at radius 3 is 2.21 bits per heavy atom. The van der Waals surface area contributed by atoms with Crippen molar-refractivity contribution in [2.75, 3.05) is 45.3 Å². The Balaban J connectivity index is 1.42. The Bertz CT molecular complexity index is 1460. The molecule has 39 heavy (non-hydrogen) atoms. The summed E-state index contributed by atoms with van der Waals surface area (Å²) in [6.07, 6.45) is -4.41. The fourth-order valence-corrected chi connectivity index (χ4v) is 4.65. The molecule has 0 aliphatic carbocycles. The third-order valence-corrected chi connectivity index (χ3v) is 6.72. The molecule has 10 heteroatoms. The van der Waals surface area contributed by atoms with E-state index in [2.05, 4.69) is 0 Å². The highest BCUT2D eigenvalue weighted by molar-refractivity contribution is 5.95. The Labute approximate surface area is 224 Å². The Kier molecular flexibility index (Phi) is 7.19. The molecular formula is C29H27F3N4O3. The molecule has 1 aromatic heterocycles. The van der Waals surface area contributed by atoms with Crippen molar-refractivity contribution in [1.82, 2.24) is 14.7 Å². The Morgan fingerprint density at radius 2 is 1.54 bits per heavy atom. The number of benzene rings is 3. The van der Waals surface area contributed by atoms with Crippen LogP contribution in [-0.2, 0) is 6.18 Å². The quantitative estimate of drug-likeness (QED) is 0.324. The number of alkyl halides is 3. The molecule has 1 aliphatic heterocycles. The van der Waals surface area contributed by atoms with E-state index in [1.54, 1.807) is 48.1 Å². The minimum Gasteiger partial charge on any atom is -0.497 e. The van der Waals surface area contributed by atoms with Gasteiger partial charge in [-0.15, -0.1) is 0 Å². The van der Waals surface area contributed by atoms with Crippen molar-refractivity contribution in [2.45, 2.75) is 6.18 Å². The lowest BCUT2D eigenvalue weighted by Gasteiger charge is -2.36. The summed E-state index contributed by atoms with van der Waals surface area (Å²) in [4.78, 5) is 17.3. The van der Waals surface area contributed by atoms with Crippen molar-refractivity contribution in [1.29, 1.82) is 0 Å². The Morgan fingerprint density at radius 1 is 0.821 bits per heavy atom. The lowest BCUT2D eigenvalue weighted by atomic mass is 10.1. The van der Waals surface area contributed by atoms with Crippen molar-refractivity contribution >= 4 is 11.6 Å². The minimum atomic E-state index is -4.41. The number of carbonyl (C=O) groups excluding carboxylic acids is 1. The number of amides is 1. The highest BCUT2D eigenvalue weighted by atomic mass is 19.4. The van der Waals surface area contributed by atoms with Crippen LogP contribution in [0.4, 0.5) is 18.9 Å². The topological polar surface area (TPSA) is 59.8 Å². The third-order valence-electron chi connectivity index (χ3n) is 6.72. The van der Waals surface area contributed by atoms with Crippen LogP contribution in [-0.4, -0.2) is 61.0 Å². The number of nitrogens with zero attached hydrogens (tertiary/aromatic N) is 4. The number of halogens is 3. The van der Waals surface area contributed by atoms with Gasteiger partial charge in [0, 0.05) is 43.5 Å². The molecule has 0 radical (unpaired) electrons. The number of ether oxygens (including phenoxy) is 2. The van der Waals surface area contributed by atoms with E-state index in [4.69, 9.17) is 14.6 Å². The van der Waals surface area contributed by atoms with Gasteiger partial charge in [0.05, 0.1) is 31.2 Å². The average Bonchev–Trinajstić information content (AvgIpc) is 3.42. The highest BCUT2D eigenvalue weighted by Gasteiger charge is 2.32. The molecule has 7 nitrogen and oxygen atoms in total. The number of carbonyl (C=O) groups is 1. The molecule has 3 aromatic carbocycles. The largest absolute Gasteiger partial charge is 0.497 e. The van der Waals surface area contributed by atoms with Gasteiger partial charge < -0.3 is 19.3 Å². The van der Waals surface area contributed by atoms with E-state index in [1.165, 1.54) is 6.07 Å². The summed E-state index contributed by atoms with van der Waals surface area (Å²) in [5.74, 6) is 0.975. The highest BCUT2D eigenvalue weighted by Crippen LogP contribution is 2.34. The molecule has 2 heterocycles. The molecule has 202 valence electrons. The molecule has 0 bridgehead atoms. The average molecular weight is 537 g/mol. The van der Waals surface area contributed by atoms with Gasteiger partial charge in [-0.3, -0.25) is 4.79 Å². The summed E-state index contributed by atoms with van der Waals surface area (Å²) < 4.78 is 52.0. The van der Waals surface area contributed by atoms with Gasteiger partial charge >= 0.3 is 6.18 Å². The normalized spacial score (nSPS) is 13.9. The predicted octanol–water partition coefficient (Wildman–Crippen LogP) is 5.54. The smallest absolute Gasteiger partial charge is 0.416 e. The summed E-state index contributed by atoms with van der Waals surface area (Å²) in [7, 11) is 3.13. The first-order valence-electron chi connectivity index (χ1n) is 12.4. The van der Waals surface area contributed by atoms with Crippen molar-refractivity contribution in [3.63, 3.8) is 0 Å². The first kappa shape index (κ1) is 26.1. The van der Waals surface area contributed by atoms with Crippen LogP contribution in [0.2, 0.25) is 0 Å². The van der Waals surface area contributed by atoms with Gasteiger partial charge in [-0.25, -0.2) is 4.68 Å². The molecule has 0 saturated carbocycles. The minimum absolute atomic E-state index is 0.214. The number of anilines is 1. The fourth-order valence-electron chi connectivity index (χ4n) is 4.65. The van der Waals surface area contributed by atoms with E-state index >= 15 is 0 Å². The number of methoxy groups -OCH3 is 2. The van der Waals surface area contributed by atoms with Gasteiger partial charge in [0.25, 0.3) is 5.91 Å². The molecule has 5 rings (SSSR count). The summed E-state index contributed by atoms with van der Waals surface area (Å²) in [5, 5.41) is 4.76. The van der Waals surface area contributed by atoms with E-state index in [-0.39, 0.29) is 5.91 Å². The number of hydrogen-bond donors (Lipinski definition) is 0. The molecule has 1 fully saturated rings. The van der Waals surface area contributed by atoms with E-state index in [9.17, 15) is 18.0 Å². The van der Waals surface area contributed by atoms with Gasteiger partial charge in [-0.1, -0.05) is 24.3 Å². The second kappa shape index (κ2) is 10.7. The van der Waals surface area contributed by atoms with Crippen LogP contribution in [0.25, 0.3) is 16.9 Å². The second-order valence-corrected chi connectivity index (χ2v) is 9.06. The molecule has 1 aliphatic rings. The van der Waals surface area contributed by atoms with Gasteiger partial charge in [-0.2, -0.15) is 18.3 Å². The van der Waals surface area contributed by atoms with E-state index in [0.29, 0.717) is 60.3 Å². The summed E-state index contributed by atoms with van der Waals surface area (Å²) >= 11 is 0. The molecule has 4 aromatic rings. The lowest BCUT2D eigenvalue weighted by Crippen LogP contribution is -2.49. The first-order valence-corrected chi connectivity index (χ1v) is 12.4. The Hall–Kier alpha value is -4.47. The number of piperazine rings is 1. The van der Waals surface area contributed by atoms with Crippen LogP contribution in [0.3, 0.4) is 0 Å². The van der Waals surface area contributed by atoms with Crippen molar-refractivity contribution in [2.24, 2.45) is 0 Å². The maximum Gasteiger partial charge on any atom is 0.416 e. The van der Waals surface area contributed by atoms with Crippen molar-refractivity contribution in [3.05, 3.63) is 90.1 Å². The van der Waals surface area contributed by atoms with Gasteiger partial charge in [0.2, 0.25) is 0 Å². The van der Waals surface area contributed by atoms with Crippen molar-refractivity contribution in [3.8, 4) is 28.4 Å². The molecule has 0 unspecified atom stereocenters. The van der Waals surface area contributed by atoms with Crippen LogP contribution >= 0.6 is 0 Å². The van der Waals surface area contributed by atoms with Crippen LogP contribution in [0, 0.1) is 0 Å². The van der Waals surface area contributed by atoms with E-state index in [0.717, 1.165) is 17.8 Å². The van der Waals surface area contributed by atoms with Crippen LogP contribution in [0.15, 0.2) is 78.9 Å². The molecule has 0 atom stereocenters. The first-order chi connectivity index (χ1) is 18.8. The zero-order valence-corrected chi connectivity index (χ0v) is 21.5. The monoisotopic (exact) mass is 536 g/mol. The van der Waals surface area contributed by atoms with Crippen LogP contribution in [0.5, 0.6) is 11.5 Å². The van der Waals surface area contributed by atoms with Gasteiger partial charge in [0.15, 0.2) is 0 Å². The van der Waals surface area contributed by atoms with E-state index in [1.807, 2.05) is 41.3 Å². The maximum atomic E-state index is 13.8. The molecule has 0 N–H and O–H groups in total. The zero-order chi connectivity index (χ0) is 27.6. The predicted molar refractivity (Wildman–Crippen MR) is 142 cm³/mol. The van der Waals surface area contributed by atoms with Gasteiger partial charge in [0.1, 0.15) is 17.2 Å². The fraction of sp³-hybridized carbons (Fsp3) is 0.241. The second-order valence-electron chi connectivity index (χ2n) is 9.06. The SMILES string of the molecule is COc1ccc(-c2cc(C(=O)N3CCN(c4cccc(C(F)(F)F)c4)CC3)n(-c3ccccc3)n2)c(OC)c1. The number of aromatic nitrogens is 2. The summed E-state index contributed by atoms with van der Waals surface area (Å²) in [5.41, 5.74) is 2.16. The van der Waals surface area contributed by atoms with Gasteiger partial charge in [-0.05, 0) is 48.5 Å². The van der Waals surface area contributed by atoms with Crippen LogP contribution < -0.4 is 14.4 Å². The lowest BCUT2D eigenvalue weighted by molar-refractivity contribution is -0.137. The summed E-state index contributed by atoms with van der Waals surface area (Å²) in [6, 6.07) is 21.7. The molecule has 1 amide bonds.